The van der Waals surface area contributed by atoms with Gasteiger partial charge in [-0.3, -0.25) is 0 Å². The van der Waals surface area contributed by atoms with Gasteiger partial charge in [0.05, 0.1) is 6.61 Å². The zero-order chi connectivity index (χ0) is 10.4. The summed E-state index contributed by atoms with van der Waals surface area (Å²) in [6, 6.07) is 4.09. The maximum atomic E-state index is 11.0. The van der Waals surface area contributed by atoms with Crippen LogP contribution in [0.2, 0.25) is 0 Å². The van der Waals surface area contributed by atoms with Crippen molar-refractivity contribution in [2.45, 2.75) is 20.3 Å². The molecular weight excluding hydrogens is 196 g/mol. The number of carbonyl (C=O) groups excluding carboxylic acids is 1. The molecular formula is C11H14O2S. The summed E-state index contributed by atoms with van der Waals surface area (Å²) in [4.78, 5) is 13.4. The first kappa shape index (κ1) is 11.0. The van der Waals surface area contributed by atoms with E-state index < -0.39 is 0 Å². The van der Waals surface area contributed by atoms with Crippen molar-refractivity contribution in [2.75, 3.05) is 6.61 Å². The fourth-order valence-electron chi connectivity index (χ4n) is 1.01. The summed E-state index contributed by atoms with van der Waals surface area (Å²) < 4.78 is 4.78. The second kappa shape index (κ2) is 5.60. The standard InChI is InChI=1S/C11H14O2S/c1-3-9-5-6-10(14-9)7-8-11(12)13-4-2/h5-8H,3-4H2,1-2H3/b8-7+. The normalized spacial score (nSPS) is 10.7. The average Bonchev–Trinajstić information content (AvgIpc) is 2.63. The van der Waals surface area contributed by atoms with Gasteiger partial charge in [-0.05, 0) is 31.6 Å². The minimum atomic E-state index is -0.279. The van der Waals surface area contributed by atoms with Crippen LogP contribution in [0.15, 0.2) is 18.2 Å². The smallest absolute Gasteiger partial charge is 0.330 e. The van der Waals surface area contributed by atoms with Crippen molar-refractivity contribution in [1.29, 1.82) is 0 Å². The Morgan fingerprint density at radius 3 is 2.86 bits per heavy atom. The number of carbonyl (C=O) groups is 1. The molecule has 0 spiro atoms. The van der Waals surface area contributed by atoms with Crippen LogP contribution in [0.1, 0.15) is 23.6 Å². The Balaban J connectivity index is 2.55. The Labute approximate surface area is 88.2 Å². The second-order valence-corrected chi connectivity index (χ2v) is 3.94. The van der Waals surface area contributed by atoms with E-state index in [9.17, 15) is 4.79 Å². The lowest BCUT2D eigenvalue weighted by molar-refractivity contribution is -0.137. The quantitative estimate of drug-likeness (QED) is 0.564. The maximum Gasteiger partial charge on any atom is 0.330 e. The number of aryl methyl sites for hydroxylation is 1. The van der Waals surface area contributed by atoms with Crippen LogP contribution in [-0.4, -0.2) is 12.6 Å². The lowest BCUT2D eigenvalue weighted by Gasteiger charge is -1.93. The van der Waals surface area contributed by atoms with E-state index in [1.807, 2.05) is 6.07 Å². The van der Waals surface area contributed by atoms with E-state index in [0.717, 1.165) is 11.3 Å². The Morgan fingerprint density at radius 2 is 2.29 bits per heavy atom. The summed E-state index contributed by atoms with van der Waals surface area (Å²) in [7, 11) is 0. The molecule has 0 saturated carbocycles. The lowest BCUT2D eigenvalue weighted by Crippen LogP contribution is -1.98. The maximum absolute atomic E-state index is 11.0. The Kier molecular flexibility index (Phi) is 4.40. The number of hydrogen-bond donors (Lipinski definition) is 0. The first-order valence-electron chi connectivity index (χ1n) is 4.69. The molecule has 1 aromatic rings. The monoisotopic (exact) mass is 210 g/mol. The second-order valence-electron chi connectivity index (χ2n) is 2.74. The van der Waals surface area contributed by atoms with Crippen LogP contribution in [0, 0.1) is 0 Å². The number of ether oxygens (including phenoxy) is 1. The molecule has 3 heteroatoms. The third-order valence-corrected chi connectivity index (χ3v) is 2.90. The minimum Gasteiger partial charge on any atom is -0.463 e. The van der Waals surface area contributed by atoms with Gasteiger partial charge in [-0.1, -0.05) is 6.92 Å². The fourth-order valence-corrected chi connectivity index (χ4v) is 1.87. The molecule has 0 radical (unpaired) electrons. The molecule has 0 aliphatic rings. The van der Waals surface area contributed by atoms with Crippen LogP contribution < -0.4 is 0 Å². The first-order chi connectivity index (χ1) is 6.76. The summed E-state index contributed by atoms with van der Waals surface area (Å²) in [5.41, 5.74) is 0. The fraction of sp³-hybridized carbons (Fsp3) is 0.364. The van der Waals surface area contributed by atoms with E-state index >= 15 is 0 Å². The molecule has 0 aromatic carbocycles. The number of hydrogen-bond acceptors (Lipinski definition) is 3. The van der Waals surface area contributed by atoms with Crippen LogP contribution in [0.3, 0.4) is 0 Å². The van der Waals surface area contributed by atoms with Crippen molar-refractivity contribution in [3.63, 3.8) is 0 Å². The molecule has 2 nitrogen and oxygen atoms in total. The van der Waals surface area contributed by atoms with Crippen molar-refractivity contribution in [2.24, 2.45) is 0 Å². The van der Waals surface area contributed by atoms with Gasteiger partial charge in [-0.15, -0.1) is 11.3 Å². The van der Waals surface area contributed by atoms with E-state index in [-0.39, 0.29) is 5.97 Å². The molecule has 1 heterocycles. The highest BCUT2D eigenvalue weighted by molar-refractivity contribution is 7.12. The van der Waals surface area contributed by atoms with Gasteiger partial charge in [0.15, 0.2) is 0 Å². The molecule has 0 unspecified atom stereocenters. The summed E-state index contributed by atoms with van der Waals surface area (Å²) in [5, 5.41) is 0. The molecule has 0 amide bonds. The summed E-state index contributed by atoms with van der Waals surface area (Å²) in [6.45, 7) is 4.34. The highest BCUT2D eigenvalue weighted by Crippen LogP contribution is 2.18. The molecule has 0 fully saturated rings. The Hall–Kier alpha value is -1.09. The van der Waals surface area contributed by atoms with Crippen LogP contribution in [-0.2, 0) is 16.0 Å². The predicted octanol–water partition coefficient (Wildman–Crippen LogP) is 2.89. The van der Waals surface area contributed by atoms with Crippen molar-refractivity contribution in [3.8, 4) is 0 Å². The Morgan fingerprint density at radius 1 is 1.50 bits per heavy atom. The molecule has 76 valence electrons. The van der Waals surface area contributed by atoms with Gasteiger partial charge in [0.25, 0.3) is 0 Å². The van der Waals surface area contributed by atoms with Crippen LogP contribution in [0.25, 0.3) is 6.08 Å². The van der Waals surface area contributed by atoms with Crippen LogP contribution >= 0.6 is 11.3 Å². The highest BCUT2D eigenvalue weighted by atomic mass is 32.1. The molecule has 0 atom stereocenters. The third kappa shape index (κ3) is 3.34. The predicted molar refractivity (Wildman–Crippen MR) is 59.4 cm³/mol. The van der Waals surface area contributed by atoms with Gasteiger partial charge in [0.2, 0.25) is 0 Å². The summed E-state index contributed by atoms with van der Waals surface area (Å²) in [6.07, 6.45) is 4.30. The van der Waals surface area contributed by atoms with E-state index in [1.54, 1.807) is 24.3 Å². The van der Waals surface area contributed by atoms with Crippen molar-refractivity contribution in [1.82, 2.24) is 0 Å². The van der Waals surface area contributed by atoms with Gasteiger partial charge in [0, 0.05) is 15.8 Å². The van der Waals surface area contributed by atoms with E-state index in [4.69, 9.17) is 4.74 Å². The van der Waals surface area contributed by atoms with E-state index in [1.165, 1.54) is 11.0 Å². The summed E-state index contributed by atoms with van der Waals surface area (Å²) >= 11 is 1.70. The minimum absolute atomic E-state index is 0.279. The van der Waals surface area contributed by atoms with Gasteiger partial charge < -0.3 is 4.74 Å². The lowest BCUT2D eigenvalue weighted by atomic mass is 10.3. The topological polar surface area (TPSA) is 26.3 Å². The molecule has 0 saturated heterocycles. The molecule has 1 aromatic heterocycles. The largest absolute Gasteiger partial charge is 0.463 e. The Bertz CT molecular complexity index is 326. The third-order valence-electron chi connectivity index (χ3n) is 1.70. The molecule has 14 heavy (non-hydrogen) atoms. The molecule has 0 aliphatic carbocycles. The molecule has 0 N–H and O–H groups in total. The van der Waals surface area contributed by atoms with Gasteiger partial charge in [0.1, 0.15) is 0 Å². The SMILES string of the molecule is CCOC(=O)/C=C/c1ccc(CC)s1. The van der Waals surface area contributed by atoms with Gasteiger partial charge >= 0.3 is 5.97 Å². The average molecular weight is 210 g/mol. The molecule has 0 aliphatic heterocycles. The van der Waals surface area contributed by atoms with Crippen LogP contribution in [0.4, 0.5) is 0 Å². The number of thiophene rings is 1. The van der Waals surface area contributed by atoms with E-state index in [2.05, 4.69) is 13.0 Å². The molecule has 1 rings (SSSR count). The highest BCUT2D eigenvalue weighted by Gasteiger charge is 1.96. The zero-order valence-corrected chi connectivity index (χ0v) is 9.26. The van der Waals surface area contributed by atoms with Gasteiger partial charge in [-0.25, -0.2) is 4.79 Å². The first-order valence-corrected chi connectivity index (χ1v) is 5.51. The van der Waals surface area contributed by atoms with Gasteiger partial charge in [-0.2, -0.15) is 0 Å². The summed E-state index contributed by atoms with van der Waals surface area (Å²) in [5.74, 6) is -0.279. The number of esters is 1. The van der Waals surface area contributed by atoms with E-state index in [0.29, 0.717) is 6.61 Å². The van der Waals surface area contributed by atoms with Crippen molar-refractivity contribution < 1.29 is 9.53 Å². The van der Waals surface area contributed by atoms with Crippen LogP contribution in [0.5, 0.6) is 0 Å². The van der Waals surface area contributed by atoms with Crippen molar-refractivity contribution >= 4 is 23.4 Å². The number of rotatable bonds is 4. The zero-order valence-electron chi connectivity index (χ0n) is 8.45. The van der Waals surface area contributed by atoms with Crippen molar-refractivity contribution in [3.05, 3.63) is 28.0 Å². The molecule has 0 bridgehead atoms.